The van der Waals surface area contributed by atoms with Crippen LogP contribution in [0.15, 0.2) is 50.1 Å². The first-order valence-corrected chi connectivity index (χ1v) is 7.69. The van der Waals surface area contributed by atoms with Gasteiger partial charge in [-0.2, -0.15) is 5.11 Å². The van der Waals surface area contributed by atoms with Crippen molar-refractivity contribution < 1.29 is 4.79 Å². The molecular formula is C16H13N7O3. The second-order valence-corrected chi connectivity index (χ2v) is 5.86. The van der Waals surface area contributed by atoms with E-state index in [4.69, 9.17) is 5.41 Å². The Kier molecular flexibility index (Phi) is 3.29. The fourth-order valence-corrected chi connectivity index (χ4v) is 2.93. The van der Waals surface area contributed by atoms with Crippen LogP contribution in [0.5, 0.6) is 0 Å². The first kappa shape index (κ1) is 15.8. The maximum absolute atomic E-state index is 12.7. The third-order valence-electron chi connectivity index (χ3n) is 4.30. The monoisotopic (exact) mass is 351 g/mol. The van der Waals surface area contributed by atoms with Crippen molar-refractivity contribution in [3.8, 4) is 0 Å². The SMILES string of the molecule is Cn1c(=O)c2nc3n(c2n(C)c1=O)C(=N)C(C(=O)c1ccccc1)N=N3. The normalized spacial score (nSPS) is 16.1. The number of nitrogens with zero attached hydrogens (tertiary/aromatic N) is 6. The summed E-state index contributed by atoms with van der Waals surface area (Å²) in [5.41, 5.74) is -0.673. The van der Waals surface area contributed by atoms with Crippen molar-refractivity contribution >= 4 is 28.7 Å². The summed E-state index contributed by atoms with van der Waals surface area (Å²) in [6, 6.07) is 7.26. The van der Waals surface area contributed by atoms with E-state index in [2.05, 4.69) is 15.2 Å². The van der Waals surface area contributed by atoms with Gasteiger partial charge in [0.05, 0.1) is 0 Å². The van der Waals surface area contributed by atoms with Crippen LogP contribution in [0.25, 0.3) is 11.2 Å². The second-order valence-electron chi connectivity index (χ2n) is 5.86. The zero-order valence-electron chi connectivity index (χ0n) is 13.9. The number of carbonyl (C=O) groups excluding carboxylic acids is 1. The van der Waals surface area contributed by atoms with E-state index in [1.807, 2.05) is 0 Å². The van der Waals surface area contributed by atoms with Gasteiger partial charge in [0.25, 0.3) is 11.5 Å². The average Bonchev–Trinajstić information content (AvgIpc) is 3.06. The van der Waals surface area contributed by atoms with Crippen molar-refractivity contribution in [1.82, 2.24) is 18.7 Å². The summed E-state index contributed by atoms with van der Waals surface area (Å²) >= 11 is 0. The van der Waals surface area contributed by atoms with Gasteiger partial charge in [0.1, 0.15) is 5.84 Å². The Morgan fingerprint density at radius 3 is 2.50 bits per heavy atom. The molecule has 0 fully saturated rings. The summed E-state index contributed by atoms with van der Waals surface area (Å²) in [5.74, 6) is -0.629. The Hall–Kier alpha value is -3.69. The van der Waals surface area contributed by atoms with Crippen molar-refractivity contribution in [3.63, 3.8) is 0 Å². The summed E-state index contributed by atoms with van der Waals surface area (Å²) in [6.45, 7) is 0. The molecule has 1 N–H and O–H groups in total. The van der Waals surface area contributed by atoms with E-state index in [0.717, 1.165) is 4.57 Å². The Morgan fingerprint density at radius 2 is 1.81 bits per heavy atom. The van der Waals surface area contributed by atoms with Crippen molar-refractivity contribution in [2.75, 3.05) is 0 Å². The van der Waals surface area contributed by atoms with Gasteiger partial charge in [0, 0.05) is 19.7 Å². The van der Waals surface area contributed by atoms with Crippen molar-refractivity contribution in [2.45, 2.75) is 6.04 Å². The van der Waals surface area contributed by atoms with Gasteiger partial charge in [-0.05, 0) is 0 Å². The maximum Gasteiger partial charge on any atom is 0.332 e. The molecule has 0 spiro atoms. The topological polar surface area (TPSA) is 127 Å². The van der Waals surface area contributed by atoms with Gasteiger partial charge in [-0.1, -0.05) is 30.3 Å². The third kappa shape index (κ3) is 2.01. The minimum atomic E-state index is -1.18. The fourth-order valence-electron chi connectivity index (χ4n) is 2.93. The van der Waals surface area contributed by atoms with Gasteiger partial charge in [-0.3, -0.25) is 24.1 Å². The Labute approximate surface area is 145 Å². The van der Waals surface area contributed by atoms with E-state index in [1.54, 1.807) is 30.3 Å². The van der Waals surface area contributed by atoms with E-state index in [1.165, 1.54) is 23.2 Å². The molecular weight excluding hydrogens is 338 g/mol. The van der Waals surface area contributed by atoms with E-state index in [0.29, 0.717) is 5.56 Å². The number of rotatable bonds is 2. The minimum Gasteiger partial charge on any atom is -0.291 e. The zero-order valence-corrected chi connectivity index (χ0v) is 13.9. The first-order valence-electron chi connectivity index (χ1n) is 7.69. The summed E-state index contributed by atoms with van der Waals surface area (Å²) in [4.78, 5) is 41.3. The van der Waals surface area contributed by atoms with Crippen LogP contribution in [0, 0.1) is 5.41 Å². The standard InChI is InChI=1S/C16H13N7O3/c1-21-13-10(14(25)22(2)16(21)26)18-15-20-19-9(12(17)23(13)15)11(24)8-6-4-3-5-7-8/h3-7,9,17H,1-2H3. The van der Waals surface area contributed by atoms with E-state index in [9.17, 15) is 14.4 Å². The molecule has 0 aliphatic carbocycles. The van der Waals surface area contributed by atoms with E-state index in [-0.39, 0.29) is 22.9 Å². The first-order chi connectivity index (χ1) is 12.4. The number of fused-ring (bicyclic) bond motifs is 3. The highest BCUT2D eigenvalue weighted by atomic mass is 16.2. The summed E-state index contributed by atoms with van der Waals surface area (Å²) < 4.78 is 3.35. The molecule has 0 saturated carbocycles. The molecule has 0 radical (unpaired) electrons. The minimum absolute atomic E-state index is 0.0129. The number of benzene rings is 1. The molecule has 130 valence electrons. The number of Topliss-reactive ketones (excluding diaryl/α,β-unsaturated/α-hetero) is 1. The lowest BCUT2D eigenvalue weighted by molar-refractivity contribution is 0.0981. The molecule has 3 aromatic rings. The number of imidazole rings is 1. The lowest BCUT2D eigenvalue weighted by atomic mass is 10.0. The van der Waals surface area contributed by atoms with Crippen molar-refractivity contribution in [2.24, 2.45) is 24.3 Å². The summed E-state index contributed by atoms with van der Waals surface area (Å²) in [5, 5.41) is 16.2. The van der Waals surface area contributed by atoms with Crippen LogP contribution in [0.3, 0.4) is 0 Å². The smallest absolute Gasteiger partial charge is 0.291 e. The number of hydrogen-bond donors (Lipinski definition) is 1. The largest absolute Gasteiger partial charge is 0.332 e. The van der Waals surface area contributed by atoms with Gasteiger partial charge in [-0.15, -0.1) is 5.11 Å². The molecule has 1 aliphatic heterocycles. The highest BCUT2D eigenvalue weighted by Gasteiger charge is 2.33. The molecule has 1 aliphatic rings. The predicted octanol–water partition coefficient (Wildman–Crippen LogP) is 0.608. The lowest BCUT2D eigenvalue weighted by Crippen LogP contribution is -2.39. The molecule has 1 atom stereocenters. The number of azo groups is 1. The van der Waals surface area contributed by atoms with E-state index >= 15 is 0 Å². The molecule has 0 saturated heterocycles. The molecule has 10 nitrogen and oxygen atoms in total. The number of hydrogen-bond acceptors (Lipinski definition) is 7. The Bertz CT molecular complexity index is 1230. The number of ketones is 1. The number of nitrogens with one attached hydrogen (secondary N) is 1. The number of aromatic nitrogens is 4. The molecule has 2 aromatic heterocycles. The summed E-state index contributed by atoms with van der Waals surface area (Å²) in [6.07, 6.45) is 0. The molecule has 4 rings (SSSR count). The van der Waals surface area contributed by atoms with Crippen molar-refractivity contribution in [3.05, 3.63) is 56.7 Å². The van der Waals surface area contributed by atoms with Crippen LogP contribution >= 0.6 is 0 Å². The van der Waals surface area contributed by atoms with Crippen LogP contribution in [0.1, 0.15) is 10.4 Å². The molecule has 26 heavy (non-hydrogen) atoms. The number of carbonyl (C=O) groups is 1. The van der Waals surface area contributed by atoms with Crippen LogP contribution in [0.4, 0.5) is 5.95 Å². The molecule has 0 amide bonds. The van der Waals surface area contributed by atoms with Crippen LogP contribution in [-0.4, -0.2) is 36.3 Å². The molecule has 1 aromatic carbocycles. The second kappa shape index (κ2) is 5.41. The Morgan fingerprint density at radius 1 is 1.12 bits per heavy atom. The van der Waals surface area contributed by atoms with Gasteiger partial charge in [0.2, 0.25) is 0 Å². The highest BCUT2D eigenvalue weighted by molar-refractivity contribution is 6.17. The lowest BCUT2D eigenvalue weighted by Gasteiger charge is -2.18. The molecule has 1 unspecified atom stereocenters. The predicted molar refractivity (Wildman–Crippen MR) is 92.4 cm³/mol. The molecule has 3 heterocycles. The summed E-state index contributed by atoms with van der Waals surface area (Å²) in [7, 11) is 2.81. The van der Waals surface area contributed by atoms with Crippen LogP contribution in [0.2, 0.25) is 0 Å². The van der Waals surface area contributed by atoms with Crippen LogP contribution < -0.4 is 11.2 Å². The van der Waals surface area contributed by atoms with Crippen LogP contribution in [-0.2, 0) is 14.1 Å². The third-order valence-corrected chi connectivity index (χ3v) is 4.30. The van der Waals surface area contributed by atoms with E-state index < -0.39 is 23.1 Å². The van der Waals surface area contributed by atoms with Gasteiger partial charge >= 0.3 is 5.69 Å². The quantitative estimate of drug-likeness (QED) is 0.678. The maximum atomic E-state index is 12.7. The molecule has 0 bridgehead atoms. The Balaban J connectivity index is 1.93. The van der Waals surface area contributed by atoms with Gasteiger partial charge in [0.15, 0.2) is 23.0 Å². The molecule has 10 heteroatoms. The van der Waals surface area contributed by atoms with Crippen molar-refractivity contribution in [1.29, 1.82) is 5.41 Å². The average molecular weight is 351 g/mol. The number of aryl methyl sites for hydroxylation is 1. The highest BCUT2D eigenvalue weighted by Crippen LogP contribution is 2.25. The zero-order chi connectivity index (χ0) is 18.6. The fraction of sp³-hybridized carbons (Fsp3) is 0.188. The van der Waals surface area contributed by atoms with Gasteiger partial charge in [-0.25, -0.2) is 14.3 Å². The van der Waals surface area contributed by atoms with Gasteiger partial charge < -0.3 is 0 Å².